The molecular weight excluding hydrogens is 244 g/mol. The largest absolute Gasteiger partial charge is 0.477 e. The van der Waals surface area contributed by atoms with Gasteiger partial charge < -0.3 is 9.84 Å². The Labute approximate surface area is 102 Å². The minimum Gasteiger partial charge on any atom is -0.477 e. The number of benzene rings is 1. The zero-order valence-corrected chi connectivity index (χ0v) is 9.68. The number of aryl methyl sites for hydroxylation is 1. The minimum atomic E-state index is -1.08. The highest BCUT2D eigenvalue weighted by Crippen LogP contribution is 2.24. The second kappa shape index (κ2) is 4.47. The molecule has 1 heterocycles. The van der Waals surface area contributed by atoms with Crippen LogP contribution in [0.1, 0.15) is 10.4 Å². The summed E-state index contributed by atoms with van der Waals surface area (Å²) in [6, 6.07) is 6.59. The van der Waals surface area contributed by atoms with Gasteiger partial charge in [-0.25, -0.2) is 4.79 Å². The van der Waals surface area contributed by atoms with E-state index in [1.54, 1.807) is 31.3 Å². The molecule has 2 rings (SSSR count). The van der Waals surface area contributed by atoms with E-state index in [1.807, 2.05) is 0 Å². The fourth-order valence-corrected chi connectivity index (χ4v) is 1.43. The first-order chi connectivity index (χ1) is 8.06. The lowest BCUT2D eigenvalue weighted by atomic mass is 10.3. The zero-order valence-electron chi connectivity index (χ0n) is 8.92. The Morgan fingerprint density at radius 3 is 2.65 bits per heavy atom. The van der Waals surface area contributed by atoms with E-state index in [1.165, 1.54) is 10.9 Å². The van der Waals surface area contributed by atoms with E-state index in [2.05, 4.69) is 5.10 Å². The molecule has 0 aliphatic rings. The fraction of sp³-hybridized carbons (Fsp3) is 0.0909. The van der Waals surface area contributed by atoms with Crippen LogP contribution >= 0.6 is 11.6 Å². The van der Waals surface area contributed by atoms with Crippen LogP contribution in [0.4, 0.5) is 0 Å². The Morgan fingerprint density at radius 2 is 2.06 bits per heavy atom. The molecule has 88 valence electrons. The van der Waals surface area contributed by atoms with E-state index in [0.29, 0.717) is 10.8 Å². The average molecular weight is 253 g/mol. The van der Waals surface area contributed by atoms with Crippen molar-refractivity contribution in [1.82, 2.24) is 9.78 Å². The van der Waals surface area contributed by atoms with Crippen molar-refractivity contribution in [2.24, 2.45) is 7.05 Å². The number of carbonyl (C=O) groups is 1. The maximum absolute atomic E-state index is 10.9. The SMILES string of the molecule is Cn1cc(C(=O)O)c(Oc2ccc(Cl)cc2)n1. The molecule has 0 aliphatic heterocycles. The lowest BCUT2D eigenvalue weighted by molar-refractivity contribution is 0.0694. The van der Waals surface area contributed by atoms with Gasteiger partial charge in [0.05, 0.1) is 0 Å². The molecule has 0 spiro atoms. The number of aromatic carboxylic acids is 1. The van der Waals surface area contributed by atoms with Gasteiger partial charge in [-0.3, -0.25) is 4.68 Å². The topological polar surface area (TPSA) is 64.4 Å². The van der Waals surface area contributed by atoms with Gasteiger partial charge in [0, 0.05) is 18.3 Å². The molecule has 1 aromatic heterocycles. The summed E-state index contributed by atoms with van der Waals surface area (Å²) in [5.41, 5.74) is 0.0162. The average Bonchev–Trinajstić information content (AvgIpc) is 2.63. The van der Waals surface area contributed by atoms with Gasteiger partial charge in [0.15, 0.2) is 0 Å². The number of hydrogen-bond acceptors (Lipinski definition) is 3. The molecule has 1 N–H and O–H groups in total. The maximum atomic E-state index is 10.9. The van der Waals surface area contributed by atoms with E-state index in [4.69, 9.17) is 21.4 Å². The van der Waals surface area contributed by atoms with Gasteiger partial charge >= 0.3 is 5.97 Å². The minimum absolute atomic E-state index is 0.0162. The Kier molecular flexibility index (Phi) is 3.01. The Morgan fingerprint density at radius 1 is 1.41 bits per heavy atom. The smallest absolute Gasteiger partial charge is 0.342 e. The van der Waals surface area contributed by atoms with E-state index in [9.17, 15) is 4.79 Å². The molecule has 5 nitrogen and oxygen atoms in total. The summed E-state index contributed by atoms with van der Waals surface area (Å²) in [7, 11) is 1.63. The van der Waals surface area contributed by atoms with Crippen molar-refractivity contribution < 1.29 is 14.6 Å². The molecule has 0 unspecified atom stereocenters. The van der Waals surface area contributed by atoms with Gasteiger partial charge in [-0.15, -0.1) is 5.10 Å². The first kappa shape index (κ1) is 11.5. The van der Waals surface area contributed by atoms with E-state index in [-0.39, 0.29) is 11.4 Å². The number of ether oxygens (including phenoxy) is 1. The summed E-state index contributed by atoms with van der Waals surface area (Å²) in [5.74, 6) is -0.542. The predicted octanol–water partition coefficient (Wildman–Crippen LogP) is 2.56. The number of rotatable bonds is 3. The van der Waals surface area contributed by atoms with Crippen LogP contribution in [-0.2, 0) is 7.05 Å². The van der Waals surface area contributed by atoms with Crippen molar-refractivity contribution in [3.8, 4) is 11.6 Å². The van der Waals surface area contributed by atoms with E-state index >= 15 is 0 Å². The summed E-state index contributed by atoms with van der Waals surface area (Å²) in [6.45, 7) is 0. The molecule has 0 amide bonds. The van der Waals surface area contributed by atoms with Gasteiger partial charge in [-0.1, -0.05) is 11.6 Å². The van der Waals surface area contributed by atoms with Gasteiger partial charge in [-0.05, 0) is 24.3 Å². The van der Waals surface area contributed by atoms with Crippen LogP contribution in [0, 0.1) is 0 Å². The third kappa shape index (κ3) is 2.57. The summed E-state index contributed by atoms with van der Waals surface area (Å²) in [5, 5.41) is 13.5. The highest BCUT2D eigenvalue weighted by atomic mass is 35.5. The normalized spacial score (nSPS) is 10.2. The Hall–Kier alpha value is -2.01. The molecule has 17 heavy (non-hydrogen) atoms. The van der Waals surface area contributed by atoms with Crippen molar-refractivity contribution >= 4 is 17.6 Å². The predicted molar refractivity (Wildman–Crippen MR) is 61.7 cm³/mol. The van der Waals surface area contributed by atoms with Crippen molar-refractivity contribution in [3.63, 3.8) is 0 Å². The zero-order chi connectivity index (χ0) is 12.4. The van der Waals surface area contributed by atoms with Crippen LogP contribution < -0.4 is 4.74 Å². The van der Waals surface area contributed by atoms with Crippen LogP contribution in [0.3, 0.4) is 0 Å². The highest BCUT2D eigenvalue weighted by Gasteiger charge is 2.16. The molecule has 0 bridgehead atoms. The van der Waals surface area contributed by atoms with Gasteiger partial charge in [0.2, 0.25) is 0 Å². The Balaban J connectivity index is 2.29. The van der Waals surface area contributed by atoms with E-state index < -0.39 is 5.97 Å². The van der Waals surface area contributed by atoms with Gasteiger partial charge in [-0.2, -0.15) is 0 Å². The molecular formula is C11H9ClN2O3. The lowest BCUT2D eigenvalue weighted by Crippen LogP contribution is -1.97. The number of hydrogen-bond donors (Lipinski definition) is 1. The molecule has 0 atom stereocenters. The summed E-state index contributed by atoms with van der Waals surface area (Å²) >= 11 is 5.73. The summed E-state index contributed by atoms with van der Waals surface area (Å²) in [4.78, 5) is 10.9. The number of aromatic nitrogens is 2. The van der Waals surface area contributed by atoms with Crippen LogP contribution in [0.25, 0.3) is 0 Å². The molecule has 0 saturated heterocycles. The molecule has 2 aromatic rings. The lowest BCUT2D eigenvalue weighted by Gasteiger charge is -2.02. The monoisotopic (exact) mass is 252 g/mol. The molecule has 0 fully saturated rings. The maximum Gasteiger partial charge on any atom is 0.342 e. The van der Waals surface area contributed by atoms with Crippen LogP contribution in [0.2, 0.25) is 5.02 Å². The molecule has 0 saturated carbocycles. The second-order valence-corrected chi connectivity index (χ2v) is 3.82. The van der Waals surface area contributed by atoms with Crippen LogP contribution in [-0.4, -0.2) is 20.9 Å². The Bertz CT molecular complexity index is 548. The quantitative estimate of drug-likeness (QED) is 0.912. The van der Waals surface area contributed by atoms with Crippen molar-refractivity contribution in [2.75, 3.05) is 0 Å². The van der Waals surface area contributed by atoms with Crippen LogP contribution in [0.15, 0.2) is 30.5 Å². The summed E-state index contributed by atoms with van der Waals surface area (Å²) in [6.07, 6.45) is 1.38. The molecule has 6 heteroatoms. The molecule has 0 radical (unpaired) electrons. The number of nitrogens with zero attached hydrogens (tertiary/aromatic N) is 2. The third-order valence-corrected chi connectivity index (χ3v) is 2.31. The highest BCUT2D eigenvalue weighted by molar-refractivity contribution is 6.30. The first-order valence-electron chi connectivity index (χ1n) is 4.76. The first-order valence-corrected chi connectivity index (χ1v) is 5.14. The van der Waals surface area contributed by atoms with E-state index in [0.717, 1.165) is 0 Å². The number of halogens is 1. The molecule has 0 aliphatic carbocycles. The van der Waals surface area contributed by atoms with Crippen molar-refractivity contribution in [3.05, 3.63) is 41.0 Å². The third-order valence-electron chi connectivity index (χ3n) is 2.05. The number of carboxylic acid groups (broad SMARTS) is 1. The van der Waals surface area contributed by atoms with Crippen molar-refractivity contribution in [2.45, 2.75) is 0 Å². The van der Waals surface area contributed by atoms with Crippen molar-refractivity contribution in [1.29, 1.82) is 0 Å². The fourth-order valence-electron chi connectivity index (χ4n) is 1.30. The summed E-state index contributed by atoms with van der Waals surface area (Å²) < 4.78 is 6.76. The van der Waals surface area contributed by atoms with Crippen LogP contribution in [0.5, 0.6) is 11.6 Å². The number of carboxylic acids is 1. The van der Waals surface area contributed by atoms with Gasteiger partial charge in [0.25, 0.3) is 5.88 Å². The second-order valence-electron chi connectivity index (χ2n) is 3.38. The van der Waals surface area contributed by atoms with Gasteiger partial charge in [0.1, 0.15) is 11.3 Å². The standard InChI is InChI=1S/C11H9ClN2O3/c1-14-6-9(11(15)16)10(13-14)17-8-4-2-7(12)3-5-8/h2-6H,1H3,(H,15,16). The molecule has 1 aromatic carbocycles.